The number of amides is 1. The minimum atomic E-state index is -3.42. The number of hydrogen-bond donors (Lipinski definition) is 2. The highest BCUT2D eigenvalue weighted by Gasteiger charge is 2.12. The van der Waals surface area contributed by atoms with E-state index in [1.54, 1.807) is 0 Å². The van der Waals surface area contributed by atoms with Crippen LogP contribution in [-0.4, -0.2) is 27.1 Å². The zero-order valence-corrected chi connectivity index (χ0v) is 16.6. The Bertz CT molecular complexity index is 878. The Balaban J connectivity index is 1.98. The molecule has 0 atom stereocenters. The third-order valence-corrected chi connectivity index (χ3v) is 4.80. The second-order valence-electron chi connectivity index (χ2n) is 6.47. The largest absolute Gasteiger partial charge is 0.352 e. The molecule has 2 aromatic rings. The number of carbonyl (C=O) groups is 1. The van der Waals surface area contributed by atoms with Gasteiger partial charge in [0, 0.05) is 12.2 Å². The lowest BCUT2D eigenvalue weighted by Gasteiger charge is -2.10. The molecule has 0 saturated heterocycles. The SMILES string of the molecule is CC(C)c1ccc(CCNC(=O)c2cc(NS(C)(=O)=O)ccc2Cl)cc1. The first kappa shape index (κ1) is 20.3. The van der Waals surface area contributed by atoms with Crippen molar-refractivity contribution < 1.29 is 13.2 Å². The van der Waals surface area contributed by atoms with Gasteiger partial charge in [0.2, 0.25) is 10.0 Å². The van der Waals surface area contributed by atoms with Gasteiger partial charge in [-0.15, -0.1) is 0 Å². The molecule has 0 spiro atoms. The van der Waals surface area contributed by atoms with Crippen molar-refractivity contribution in [2.24, 2.45) is 0 Å². The topological polar surface area (TPSA) is 75.3 Å². The molecule has 0 saturated carbocycles. The van der Waals surface area contributed by atoms with Gasteiger partial charge in [0.25, 0.3) is 5.91 Å². The summed E-state index contributed by atoms with van der Waals surface area (Å²) in [7, 11) is -3.42. The van der Waals surface area contributed by atoms with Gasteiger partial charge in [-0.05, 0) is 41.7 Å². The van der Waals surface area contributed by atoms with Crippen LogP contribution in [0.4, 0.5) is 5.69 Å². The first-order valence-electron chi connectivity index (χ1n) is 8.30. The fraction of sp³-hybridized carbons (Fsp3) is 0.316. The summed E-state index contributed by atoms with van der Waals surface area (Å²) < 4.78 is 25.0. The molecule has 0 aromatic heterocycles. The smallest absolute Gasteiger partial charge is 0.252 e. The Morgan fingerprint density at radius 1 is 1.12 bits per heavy atom. The van der Waals surface area contributed by atoms with Crippen LogP contribution in [-0.2, 0) is 16.4 Å². The van der Waals surface area contributed by atoms with Gasteiger partial charge in [-0.25, -0.2) is 8.42 Å². The van der Waals surface area contributed by atoms with E-state index in [-0.39, 0.29) is 16.5 Å². The van der Waals surface area contributed by atoms with Crippen molar-refractivity contribution in [1.82, 2.24) is 5.32 Å². The molecule has 2 N–H and O–H groups in total. The number of rotatable bonds is 7. The molecule has 0 aliphatic heterocycles. The summed E-state index contributed by atoms with van der Waals surface area (Å²) in [5.41, 5.74) is 2.94. The Morgan fingerprint density at radius 3 is 2.35 bits per heavy atom. The Hall–Kier alpha value is -2.05. The molecule has 0 heterocycles. The second kappa shape index (κ2) is 8.56. The van der Waals surface area contributed by atoms with E-state index in [0.717, 1.165) is 11.8 Å². The summed E-state index contributed by atoms with van der Waals surface area (Å²) in [6.07, 6.45) is 1.74. The predicted molar refractivity (Wildman–Crippen MR) is 106 cm³/mol. The first-order chi connectivity index (χ1) is 12.2. The molecule has 0 fully saturated rings. The molecule has 7 heteroatoms. The third-order valence-electron chi connectivity index (χ3n) is 3.86. The fourth-order valence-electron chi connectivity index (χ4n) is 2.46. The number of nitrogens with one attached hydrogen (secondary N) is 2. The van der Waals surface area contributed by atoms with E-state index in [4.69, 9.17) is 11.6 Å². The van der Waals surface area contributed by atoms with Crippen molar-refractivity contribution in [3.63, 3.8) is 0 Å². The van der Waals surface area contributed by atoms with Gasteiger partial charge in [-0.3, -0.25) is 9.52 Å². The van der Waals surface area contributed by atoms with Crippen LogP contribution in [0.15, 0.2) is 42.5 Å². The first-order valence-corrected chi connectivity index (χ1v) is 10.6. The van der Waals surface area contributed by atoms with Crippen LogP contribution >= 0.6 is 11.6 Å². The quantitative estimate of drug-likeness (QED) is 0.749. The summed E-state index contributed by atoms with van der Waals surface area (Å²) in [5.74, 6) is 0.143. The van der Waals surface area contributed by atoms with Crippen LogP contribution in [0.3, 0.4) is 0 Å². The van der Waals surface area contributed by atoms with Gasteiger partial charge in [0.15, 0.2) is 0 Å². The van der Waals surface area contributed by atoms with Crippen molar-refractivity contribution in [2.45, 2.75) is 26.2 Å². The molecule has 2 rings (SSSR count). The van der Waals surface area contributed by atoms with Gasteiger partial charge in [0.05, 0.1) is 16.8 Å². The molecule has 2 aromatic carbocycles. The Labute approximate surface area is 159 Å². The van der Waals surface area contributed by atoms with Crippen LogP contribution in [0, 0.1) is 0 Å². The van der Waals surface area contributed by atoms with Crippen LogP contribution in [0.25, 0.3) is 0 Å². The maximum Gasteiger partial charge on any atom is 0.252 e. The third kappa shape index (κ3) is 6.04. The molecule has 5 nitrogen and oxygen atoms in total. The minimum absolute atomic E-state index is 0.232. The molecule has 140 valence electrons. The maximum absolute atomic E-state index is 12.3. The molecule has 26 heavy (non-hydrogen) atoms. The number of benzene rings is 2. The Kier molecular flexibility index (Phi) is 6.67. The summed E-state index contributed by atoms with van der Waals surface area (Å²) in [6, 6.07) is 12.7. The molecule has 0 aliphatic carbocycles. The highest BCUT2D eigenvalue weighted by molar-refractivity contribution is 7.92. The number of anilines is 1. The standard InChI is InChI=1S/C19H23ClN2O3S/c1-13(2)15-6-4-14(5-7-15)10-11-21-19(23)17-12-16(8-9-18(17)20)22-26(3,24)25/h4-9,12-13,22H,10-11H2,1-3H3,(H,21,23). The van der Waals surface area contributed by atoms with Gasteiger partial charge < -0.3 is 5.32 Å². The van der Waals surface area contributed by atoms with Crippen molar-refractivity contribution in [3.8, 4) is 0 Å². The van der Waals surface area contributed by atoms with Crippen molar-refractivity contribution in [1.29, 1.82) is 0 Å². The van der Waals surface area contributed by atoms with E-state index in [9.17, 15) is 13.2 Å². The number of hydrogen-bond acceptors (Lipinski definition) is 3. The van der Waals surface area contributed by atoms with E-state index in [2.05, 4.69) is 48.2 Å². The number of sulfonamides is 1. The van der Waals surface area contributed by atoms with Crippen LogP contribution in [0.2, 0.25) is 5.02 Å². The van der Waals surface area contributed by atoms with Crippen molar-refractivity contribution in [2.75, 3.05) is 17.5 Å². The lowest BCUT2D eigenvalue weighted by atomic mass is 10.0. The zero-order chi connectivity index (χ0) is 19.3. The average molecular weight is 395 g/mol. The van der Waals surface area contributed by atoms with Crippen molar-refractivity contribution >= 4 is 33.2 Å². The molecule has 0 bridgehead atoms. The lowest BCUT2D eigenvalue weighted by Crippen LogP contribution is -2.26. The summed E-state index contributed by atoms with van der Waals surface area (Å²) in [5, 5.41) is 3.08. The van der Waals surface area contributed by atoms with Gasteiger partial charge in [-0.2, -0.15) is 0 Å². The maximum atomic E-state index is 12.3. The molecule has 0 radical (unpaired) electrons. The molecular formula is C19H23ClN2O3S. The molecule has 0 unspecified atom stereocenters. The van der Waals surface area contributed by atoms with E-state index < -0.39 is 10.0 Å². The van der Waals surface area contributed by atoms with Gasteiger partial charge in [0.1, 0.15) is 0 Å². The Morgan fingerprint density at radius 2 is 1.77 bits per heavy atom. The van der Waals surface area contributed by atoms with Gasteiger partial charge in [-0.1, -0.05) is 49.7 Å². The normalized spacial score (nSPS) is 11.4. The van der Waals surface area contributed by atoms with E-state index in [0.29, 0.717) is 24.6 Å². The van der Waals surface area contributed by atoms with Crippen molar-refractivity contribution in [3.05, 3.63) is 64.2 Å². The van der Waals surface area contributed by atoms with Crippen LogP contribution in [0.1, 0.15) is 41.3 Å². The molecule has 1 amide bonds. The zero-order valence-electron chi connectivity index (χ0n) is 15.0. The van der Waals surface area contributed by atoms with Gasteiger partial charge >= 0.3 is 0 Å². The van der Waals surface area contributed by atoms with E-state index in [1.807, 2.05) is 0 Å². The summed E-state index contributed by atoms with van der Waals surface area (Å²) in [4.78, 5) is 12.3. The number of carbonyl (C=O) groups excluding carboxylic acids is 1. The lowest BCUT2D eigenvalue weighted by molar-refractivity contribution is 0.0954. The monoisotopic (exact) mass is 394 g/mol. The highest BCUT2D eigenvalue weighted by Crippen LogP contribution is 2.21. The van der Waals surface area contributed by atoms with E-state index >= 15 is 0 Å². The summed E-state index contributed by atoms with van der Waals surface area (Å²) in [6.45, 7) is 4.75. The fourth-order valence-corrected chi connectivity index (χ4v) is 3.22. The second-order valence-corrected chi connectivity index (χ2v) is 8.63. The highest BCUT2D eigenvalue weighted by atomic mass is 35.5. The molecular weight excluding hydrogens is 372 g/mol. The number of halogens is 1. The minimum Gasteiger partial charge on any atom is -0.352 e. The average Bonchev–Trinajstić information content (AvgIpc) is 2.55. The van der Waals surface area contributed by atoms with Crippen LogP contribution < -0.4 is 10.0 Å². The van der Waals surface area contributed by atoms with E-state index in [1.165, 1.54) is 23.8 Å². The van der Waals surface area contributed by atoms with Crippen LogP contribution in [0.5, 0.6) is 0 Å². The predicted octanol–water partition coefficient (Wildman–Crippen LogP) is 3.81. The summed E-state index contributed by atoms with van der Waals surface area (Å²) >= 11 is 6.07. The molecule has 0 aliphatic rings.